The van der Waals surface area contributed by atoms with Crippen LogP contribution in [0.25, 0.3) is 0 Å². The summed E-state index contributed by atoms with van der Waals surface area (Å²) in [5, 5.41) is 3.01. The van der Waals surface area contributed by atoms with Gasteiger partial charge in [0.05, 0.1) is 19.6 Å². The molecule has 0 radical (unpaired) electrons. The predicted molar refractivity (Wildman–Crippen MR) is 98.8 cm³/mol. The Hall–Kier alpha value is -1.11. The van der Waals surface area contributed by atoms with Crippen LogP contribution in [0, 0.1) is 11.8 Å². The molecule has 1 aliphatic rings. The van der Waals surface area contributed by atoms with Gasteiger partial charge in [-0.2, -0.15) is 0 Å². The Kier molecular flexibility index (Phi) is 8.73. The second kappa shape index (κ2) is 10.0. The van der Waals surface area contributed by atoms with Crippen molar-refractivity contribution in [1.29, 1.82) is 0 Å². The maximum Gasteiger partial charge on any atom is 0.307 e. The van der Waals surface area contributed by atoms with Crippen LogP contribution in [-0.2, 0) is 14.3 Å². The van der Waals surface area contributed by atoms with E-state index in [0.717, 1.165) is 29.3 Å². The van der Waals surface area contributed by atoms with Crippen LogP contribution in [0.1, 0.15) is 37.3 Å². The van der Waals surface area contributed by atoms with Crippen LogP contribution in [-0.4, -0.2) is 25.5 Å². The summed E-state index contributed by atoms with van der Waals surface area (Å²) in [7, 11) is 1.35. The highest BCUT2D eigenvalue weighted by molar-refractivity contribution is 9.10. The van der Waals surface area contributed by atoms with Gasteiger partial charge in [0.25, 0.3) is 0 Å². The highest BCUT2D eigenvalue weighted by Gasteiger charge is 2.33. The molecule has 24 heavy (non-hydrogen) atoms. The number of rotatable bonds is 6. The second-order valence-electron chi connectivity index (χ2n) is 5.93. The normalized spacial score (nSPS) is 20.8. The summed E-state index contributed by atoms with van der Waals surface area (Å²) in [5.74, 6) is -0.191. The predicted octanol–water partition coefficient (Wildman–Crippen LogP) is 2.97. The van der Waals surface area contributed by atoms with Crippen molar-refractivity contribution in [2.45, 2.75) is 31.7 Å². The molecule has 3 N–H and O–H groups in total. The van der Waals surface area contributed by atoms with E-state index in [1.165, 1.54) is 7.11 Å². The van der Waals surface area contributed by atoms with E-state index in [9.17, 15) is 9.59 Å². The molecule has 1 saturated carbocycles. The lowest BCUT2D eigenvalue weighted by atomic mass is 9.94. The highest BCUT2D eigenvalue weighted by Crippen LogP contribution is 2.32. The van der Waals surface area contributed by atoms with Crippen LogP contribution in [0.2, 0.25) is 0 Å². The summed E-state index contributed by atoms with van der Waals surface area (Å²) >= 11 is 3.39. The number of hydrogen-bond acceptors (Lipinski definition) is 4. The van der Waals surface area contributed by atoms with Crippen LogP contribution in [0.5, 0.6) is 0 Å². The van der Waals surface area contributed by atoms with Crippen LogP contribution < -0.4 is 11.1 Å². The van der Waals surface area contributed by atoms with Crippen molar-refractivity contribution in [2.24, 2.45) is 17.6 Å². The van der Waals surface area contributed by atoms with Crippen LogP contribution in [0.15, 0.2) is 28.7 Å². The van der Waals surface area contributed by atoms with Crippen molar-refractivity contribution in [1.82, 2.24) is 5.32 Å². The molecule has 0 bridgehead atoms. The van der Waals surface area contributed by atoms with Gasteiger partial charge >= 0.3 is 5.97 Å². The molecule has 1 aromatic carbocycles. The Labute approximate surface area is 157 Å². The molecule has 2 rings (SSSR count). The Morgan fingerprint density at radius 2 is 2.00 bits per heavy atom. The fourth-order valence-electron chi connectivity index (χ4n) is 3.14. The Balaban J connectivity index is 0.00000288. The molecule has 0 aliphatic heterocycles. The third-order valence-electron chi connectivity index (χ3n) is 4.49. The monoisotopic (exact) mass is 418 g/mol. The van der Waals surface area contributed by atoms with Crippen molar-refractivity contribution in [2.75, 3.05) is 13.7 Å². The zero-order valence-corrected chi connectivity index (χ0v) is 16.1. The molecule has 0 heterocycles. The van der Waals surface area contributed by atoms with E-state index in [1.54, 1.807) is 0 Å². The number of carbonyl (C=O) groups excluding carboxylic acids is 2. The lowest BCUT2D eigenvalue weighted by Crippen LogP contribution is -2.38. The van der Waals surface area contributed by atoms with Crippen molar-refractivity contribution < 1.29 is 14.3 Å². The highest BCUT2D eigenvalue weighted by atomic mass is 79.9. The topological polar surface area (TPSA) is 81.4 Å². The standard InChI is InChI=1S/C17H23BrN2O3.ClH/c1-23-16(21)9-15(11-5-7-13(18)8-6-11)20-17(22)14-4-2-3-12(14)10-19;/h5-8,12,14-15H,2-4,9-10,19H2,1H3,(H,20,22);1H/t12-,14-,15?;/m1./s1. The molecule has 3 atom stereocenters. The number of nitrogens with two attached hydrogens (primary N) is 1. The molecule has 1 aliphatic carbocycles. The lowest BCUT2D eigenvalue weighted by Gasteiger charge is -2.23. The average Bonchev–Trinajstić information content (AvgIpc) is 3.03. The summed E-state index contributed by atoms with van der Waals surface area (Å²) in [6.45, 7) is 0.526. The molecular weight excluding hydrogens is 396 g/mol. The summed E-state index contributed by atoms with van der Waals surface area (Å²) in [4.78, 5) is 24.3. The van der Waals surface area contributed by atoms with E-state index in [1.807, 2.05) is 24.3 Å². The number of ether oxygens (including phenoxy) is 1. The molecule has 134 valence electrons. The van der Waals surface area contributed by atoms with Crippen molar-refractivity contribution in [3.63, 3.8) is 0 Å². The van der Waals surface area contributed by atoms with Gasteiger partial charge in [0.1, 0.15) is 0 Å². The largest absolute Gasteiger partial charge is 0.469 e. The van der Waals surface area contributed by atoms with E-state index < -0.39 is 0 Å². The molecule has 0 aromatic heterocycles. The van der Waals surface area contributed by atoms with Gasteiger partial charge in [-0.1, -0.05) is 34.5 Å². The van der Waals surface area contributed by atoms with Gasteiger partial charge in [-0.15, -0.1) is 12.4 Å². The van der Waals surface area contributed by atoms with E-state index in [4.69, 9.17) is 10.5 Å². The molecular formula is C17H24BrClN2O3. The van der Waals surface area contributed by atoms with Gasteiger partial charge in [0, 0.05) is 10.4 Å². The minimum atomic E-state index is -0.387. The first-order valence-corrected chi connectivity index (χ1v) is 8.67. The minimum Gasteiger partial charge on any atom is -0.469 e. The molecule has 1 amide bonds. The lowest BCUT2D eigenvalue weighted by molar-refractivity contribution is -0.141. The number of halogens is 2. The molecule has 1 unspecified atom stereocenters. The number of methoxy groups -OCH3 is 1. The van der Waals surface area contributed by atoms with E-state index in [2.05, 4.69) is 21.2 Å². The molecule has 0 spiro atoms. The maximum absolute atomic E-state index is 12.6. The SMILES string of the molecule is COC(=O)CC(NC(=O)[C@@H]1CCC[C@@H]1CN)c1ccc(Br)cc1.Cl. The minimum absolute atomic E-state index is 0. The van der Waals surface area contributed by atoms with Crippen molar-refractivity contribution in [3.8, 4) is 0 Å². The fourth-order valence-corrected chi connectivity index (χ4v) is 3.40. The zero-order chi connectivity index (χ0) is 16.8. The van der Waals surface area contributed by atoms with E-state index >= 15 is 0 Å². The number of esters is 1. The van der Waals surface area contributed by atoms with Gasteiger partial charge in [0.15, 0.2) is 0 Å². The first kappa shape index (κ1) is 20.9. The molecule has 7 heteroatoms. The summed E-state index contributed by atoms with van der Waals surface area (Å²) in [5.41, 5.74) is 6.65. The average molecular weight is 420 g/mol. The Morgan fingerprint density at radius 1 is 1.33 bits per heavy atom. The third kappa shape index (κ3) is 5.46. The number of carbonyl (C=O) groups is 2. The van der Waals surface area contributed by atoms with Crippen molar-refractivity contribution in [3.05, 3.63) is 34.3 Å². The fraction of sp³-hybridized carbons (Fsp3) is 0.529. The smallest absolute Gasteiger partial charge is 0.307 e. The van der Waals surface area contributed by atoms with E-state index in [-0.39, 0.29) is 48.6 Å². The van der Waals surface area contributed by atoms with Crippen molar-refractivity contribution >= 4 is 40.2 Å². The molecule has 5 nitrogen and oxygen atoms in total. The first-order chi connectivity index (χ1) is 11.0. The number of hydrogen-bond donors (Lipinski definition) is 2. The summed E-state index contributed by atoms with van der Waals surface area (Å²) < 4.78 is 5.70. The molecule has 1 fully saturated rings. The quantitative estimate of drug-likeness (QED) is 0.695. The van der Waals surface area contributed by atoms with Crippen LogP contribution in [0.3, 0.4) is 0 Å². The van der Waals surface area contributed by atoms with Gasteiger partial charge < -0.3 is 15.8 Å². The second-order valence-corrected chi connectivity index (χ2v) is 6.84. The third-order valence-corrected chi connectivity index (χ3v) is 5.01. The number of nitrogens with one attached hydrogen (secondary N) is 1. The Bertz CT molecular complexity index is 553. The summed E-state index contributed by atoms with van der Waals surface area (Å²) in [6, 6.07) is 7.19. The van der Waals surface area contributed by atoms with Crippen LogP contribution >= 0.6 is 28.3 Å². The summed E-state index contributed by atoms with van der Waals surface area (Å²) in [6.07, 6.45) is 3.00. The van der Waals surface area contributed by atoms with Crippen LogP contribution in [0.4, 0.5) is 0 Å². The van der Waals surface area contributed by atoms with Gasteiger partial charge in [-0.05, 0) is 43.0 Å². The molecule has 1 aromatic rings. The van der Waals surface area contributed by atoms with Gasteiger partial charge in [0.2, 0.25) is 5.91 Å². The zero-order valence-electron chi connectivity index (χ0n) is 13.7. The maximum atomic E-state index is 12.6. The van der Waals surface area contributed by atoms with E-state index in [0.29, 0.717) is 6.54 Å². The Morgan fingerprint density at radius 3 is 2.58 bits per heavy atom. The van der Waals surface area contributed by atoms with Gasteiger partial charge in [-0.25, -0.2) is 0 Å². The number of benzene rings is 1. The first-order valence-electron chi connectivity index (χ1n) is 7.88. The number of amides is 1. The van der Waals surface area contributed by atoms with Gasteiger partial charge in [-0.3, -0.25) is 9.59 Å². The molecule has 0 saturated heterocycles.